The van der Waals surface area contributed by atoms with Crippen LogP contribution in [0.2, 0.25) is 0 Å². The van der Waals surface area contributed by atoms with Gasteiger partial charge in [0.15, 0.2) is 0 Å². The molecule has 2 aromatic heterocycles. The van der Waals surface area contributed by atoms with Crippen LogP contribution in [0.5, 0.6) is 5.75 Å². The predicted molar refractivity (Wildman–Crippen MR) is 114 cm³/mol. The number of carboxylic acid groups (broad SMARTS) is 2. The molecule has 2 atom stereocenters. The van der Waals surface area contributed by atoms with Crippen LogP contribution in [0.1, 0.15) is 28.1 Å². The van der Waals surface area contributed by atoms with E-state index in [0.717, 1.165) is 5.56 Å². The first-order chi connectivity index (χ1) is 15.3. The maximum absolute atomic E-state index is 11.6. The van der Waals surface area contributed by atoms with Crippen LogP contribution in [-0.4, -0.2) is 59.3 Å². The number of imidazole rings is 2. The molecule has 170 valence electrons. The third-order valence-corrected chi connectivity index (χ3v) is 5.04. The van der Waals surface area contributed by atoms with Gasteiger partial charge in [0.25, 0.3) is 0 Å². The third kappa shape index (κ3) is 6.15. The van der Waals surface area contributed by atoms with Crippen molar-refractivity contribution in [3.05, 3.63) is 65.3 Å². The molecule has 3 aromatic rings. The molecule has 0 bridgehead atoms. The van der Waals surface area contributed by atoms with Gasteiger partial charge in [-0.1, -0.05) is 17.7 Å². The molecular formula is C21H26N6O5. The number of nitrogens with zero attached hydrogens (tertiary/aromatic N) is 2. The lowest BCUT2D eigenvalue weighted by Crippen LogP contribution is -2.38. The number of rotatable bonds is 12. The molecule has 2 heterocycles. The van der Waals surface area contributed by atoms with Gasteiger partial charge in [-0.05, 0) is 6.92 Å². The second-order valence-corrected chi connectivity index (χ2v) is 7.54. The number of phenols is 1. The van der Waals surface area contributed by atoms with E-state index in [1.165, 1.54) is 12.7 Å². The van der Waals surface area contributed by atoms with Crippen molar-refractivity contribution >= 4 is 11.9 Å². The highest BCUT2D eigenvalue weighted by molar-refractivity contribution is 5.74. The van der Waals surface area contributed by atoms with Crippen molar-refractivity contribution in [1.82, 2.24) is 30.6 Å². The SMILES string of the molecule is Cc1cc(CN[C@@H](Cc2cnc[nH]2)C(=O)O)c(O)c(CN[C@@H](Cc2cnc[nH]2)C(=O)O)c1. The first-order valence-electron chi connectivity index (χ1n) is 10.0. The number of nitrogens with one attached hydrogen (secondary N) is 4. The Bertz CT molecular complexity index is 956. The summed E-state index contributed by atoms with van der Waals surface area (Å²) in [6.07, 6.45) is 6.52. The van der Waals surface area contributed by atoms with Gasteiger partial charge in [-0.25, -0.2) is 9.97 Å². The summed E-state index contributed by atoms with van der Waals surface area (Å²) >= 11 is 0. The molecule has 0 spiro atoms. The van der Waals surface area contributed by atoms with E-state index in [0.29, 0.717) is 22.5 Å². The maximum Gasteiger partial charge on any atom is 0.321 e. The van der Waals surface area contributed by atoms with E-state index < -0.39 is 24.0 Å². The number of aromatic nitrogens is 4. The minimum Gasteiger partial charge on any atom is -0.507 e. The van der Waals surface area contributed by atoms with Crippen LogP contribution in [0.4, 0.5) is 0 Å². The molecule has 0 saturated heterocycles. The number of hydrogen-bond acceptors (Lipinski definition) is 7. The fourth-order valence-electron chi connectivity index (χ4n) is 3.40. The summed E-state index contributed by atoms with van der Waals surface area (Å²) in [5.41, 5.74) is 3.27. The average molecular weight is 442 g/mol. The number of benzene rings is 1. The van der Waals surface area contributed by atoms with E-state index >= 15 is 0 Å². The van der Waals surface area contributed by atoms with Crippen molar-refractivity contribution in [1.29, 1.82) is 0 Å². The zero-order chi connectivity index (χ0) is 23.1. The molecule has 1 aromatic carbocycles. The largest absolute Gasteiger partial charge is 0.507 e. The first-order valence-corrected chi connectivity index (χ1v) is 10.0. The van der Waals surface area contributed by atoms with E-state index in [9.17, 15) is 24.9 Å². The van der Waals surface area contributed by atoms with Crippen molar-refractivity contribution in [2.24, 2.45) is 0 Å². The number of aromatic amines is 2. The lowest BCUT2D eigenvalue weighted by atomic mass is 10.0. The minimum absolute atomic E-state index is 0.00745. The molecule has 0 amide bonds. The highest BCUT2D eigenvalue weighted by Gasteiger charge is 2.21. The van der Waals surface area contributed by atoms with Crippen LogP contribution in [-0.2, 0) is 35.5 Å². The maximum atomic E-state index is 11.6. The van der Waals surface area contributed by atoms with Crippen LogP contribution in [0.3, 0.4) is 0 Å². The molecule has 11 nitrogen and oxygen atoms in total. The molecule has 0 aliphatic heterocycles. The van der Waals surface area contributed by atoms with Gasteiger partial charge in [0.2, 0.25) is 0 Å². The molecule has 0 aliphatic carbocycles. The molecule has 3 rings (SSSR count). The van der Waals surface area contributed by atoms with Crippen LogP contribution in [0.15, 0.2) is 37.2 Å². The molecule has 0 aliphatic rings. The molecule has 0 fully saturated rings. The lowest BCUT2D eigenvalue weighted by molar-refractivity contribution is -0.140. The third-order valence-electron chi connectivity index (χ3n) is 5.04. The average Bonchev–Trinajstić information content (AvgIpc) is 3.44. The smallest absolute Gasteiger partial charge is 0.321 e. The van der Waals surface area contributed by atoms with E-state index in [1.807, 2.05) is 6.92 Å². The quantitative estimate of drug-likeness (QED) is 0.213. The van der Waals surface area contributed by atoms with Crippen molar-refractivity contribution in [2.75, 3.05) is 0 Å². The molecule has 32 heavy (non-hydrogen) atoms. The Morgan fingerprint density at radius 1 is 0.906 bits per heavy atom. The fourth-order valence-corrected chi connectivity index (χ4v) is 3.40. The number of hydrogen-bond donors (Lipinski definition) is 7. The Kier molecular flexibility index (Phi) is 7.58. The number of H-pyrrole nitrogens is 2. The Labute approximate surface area is 183 Å². The number of aryl methyl sites for hydroxylation is 1. The van der Waals surface area contributed by atoms with E-state index in [1.54, 1.807) is 24.5 Å². The van der Waals surface area contributed by atoms with Crippen molar-refractivity contribution in [3.63, 3.8) is 0 Å². The van der Waals surface area contributed by atoms with Gasteiger partial charge in [-0.3, -0.25) is 20.2 Å². The Morgan fingerprint density at radius 2 is 1.34 bits per heavy atom. The van der Waals surface area contributed by atoms with Crippen LogP contribution >= 0.6 is 0 Å². The van der Waals surface area contributed by atoms with Crippen molar-refractivity contribution in [2.45, 2.75) is 44.9 Å². The van der Waals surface area contributed by atoms with Gasteiger partial charge in [0.05, 0.1) is 12.7 Å². The predicted octanol–water partition coefficient (Wildman–Crippen LogP) is 0.718. The Morgan fingerprint density at radius 3 is 1.69 bits per heavy atom. The van der Waals surface area contributed by atoms with Crippen molar-refractivity contribution < 1.29 is 24.9 Å². The summed E-state index contributed by atoms with van der Waals surface area (Å²) in [5.74, 6) is -2.04. The number of carboxylic acids is 2. The summed E-state index contributed by atoms with van der Waals surface area (Å²) in [4.78, 5) is 36.7. The first kappa shape index (κ1) is 23.0. The Hall–Kier alpha value is -3.70. The summed E-state index contributed by atoms with van der Waals surface area (Å²) in [6, 6.07) is 1.78. The van der Waals surface area contributed by atoms with E-state index in [-0.39, 0.29) is 31.7 Å². The van der Waals surface area contributed by atoms with Crippen LogP contribution < -0.4 is 10.6 Å². The van der Waals surface area contributed by atoms with E-state index in [4.69, 9.17) is 0 Å². The lowest BCUT2D eigenvalue weighted by Gasteiger charge is -2.18. The standard InChI is InChI=1S/C21H26N6O5/c1-12-2-13(6-24-17(20(29)30)4-15-8-22-10-26-15)19(28)14(3-12)7-25-18(21(31)32)5-16-9-23-11-27-16/h2-3,8-11,17-18,24-25,28H,4-7H2,1H3,(H,22,26)(H,23,27)(H,29,30)(H,31,32)/t17-,18-/m0/s1. The number of phenolic OH excluding ortho intramolecular Hbond substituents is 1. The number of aromatic hydroxyl groups is 1. The second kappa shape index (κ2) is 10.6. The van der Waals surface area contributed by atoms with Gasteiger partial charge in [-0.15, -0.1) is 0 Å². The van der Waals surface area contributed by atoms with Crippen LogP contribution in [0, 0.1) is 6.92 Å². The van der Waals surface area contributed by atoms with Gasteiger partial charge in [0.1, 0.15) is 17.8 Å². The van der Waals surface area contributed by atoms with Gasteiger partial charge in [0, 0.05) is 60.8 Å². The Balaban J connectivity index is 1.67. The molecule has 0 radical (unpaired) electrons. The minimum atomic E-state index is -1.02. The van der Waals surface area contributed by atoms with Gasteiger partial charge >= 0.3 is 11.9 Å². The molecule has 0 unspecified atom stereocenters. The monoisotopic (exact) mass is 442 g/mol. The van der Waals surface area contributed by atoms with Gasteiger partial charge in [-0.2, -0.15) is 0 Å². The highest BCUT2D eigenvalue weighted by atomic mass is 16.4. The normalized spacial score (nSPS) is 13.0. The number of carbonyl (C=O) groups is 2. The number of aliphatic carboxylic acids is 2. The highest BCUT2D eigenvalue weighted by Crippen LogP contribution is 2.25. The second-order valence-electron chi connectivity index (χ2n) is 7.54. The van der Waals surface area contributed by atoms with Crippen LogP contribution in [0.25, 0.3) is 0 Å². The van der Waals surface area contributed by atoms with E-state index in [2.05, 4.69) is 30.6 Å². The summed E-state index contributed by atoms with van der Waals surface area (Å²) in [7, 11) is 0. The zero-order valence-electron chi connectivity index (χ0n) is 17.5. The van der Waals surface area contributed by atoms with Crippen molar-refractivity contribution in [3.8, 4) is 5.75 Å². The summed E-state index contributed by atoms with van der Waals surface area (Å²) in [5, 5.41) is 35.6. The zero-order valence-corrected chi connectivity index (χ0v) is 17.5. The summed E-state index contributed by atoms with van der Waals surface area (Å²) in [6.45, 7) is 2.11. The molecular weight excluding hydrogens is 416 g/mol. The molecule has 11 heteroatoms. The van der Waals surface area contributed by atoms with Gasteiger partial charge < -0.3 is 25.3 Å². The fraction of sp³-hybridized carbons (Fsp3) is 0.333. The summed E-state index contributed by atoms with van der Waals surface area (Å²) < 4.78 is 0. The topological polar surface area (TPSA) is 176 Å². The molecule has 7 N–H and O–H groups in total. The molecule has 0 saturated carbocycles.